The summed E-state index contributed by atoms with van der Waals surface area (Å²) in [6.07, 6.45) is 3.94. The number of nitrogens with one attached hydrogen (secondary N) is 1. The molecule has 1 heterocycles. The minimum absolute atomic E-state index is 0.0392. The maximum atomic E-state index is 12.0. The van der Waals surface area contributed by atoms with E-state index in [0.717, 1.165) is 18.7 Å². The van der Waals surface area contributed by atoms with E-state index >= 15 is 0 Å². The van der Waals surface area contributed by atoms with Crippen molar-refractivity contribution in [3.8, 4) is 0 Å². The van der Waals surface area contributed by atoms with Gasteiger partial charge in [-0.15, -0.1) is 0 Å². The second-order valence-electron chi connectivity index (χ2n) is 5.93. The van der Waals surface area contributed by atoms with Crippen molar-refractivity contribution in [1.29, 1.82) is 0 Å². The molecule has 0 atom stereocenters. The Morgan fingerprint density at radius 2 is 1.80 bits per heavy atom. The lowest BCUT2D eigenvalue weighted by Crippen LogP contribution is -2.37. The van der Waals surface area contributed by atoms with E-state index < -0.39 is 0 Å². The molecule has 0 radical (unpaired) electrons. The van der Waals surface area contributed by atoms with Crippen LogP contribution < -0.4 is 5.32 Å². The fraction of sp³-hybridized carbons (Fsp3) is 0.588. The first kappa shape index (κ1) is 15.0. The number of nitrogens with zero attached hydrogens (tertiary/aromatic N) is 1. The van der Waals surface area contributed by atoms with Crippen molar-refractivity contribution in [3.63, 3.8) is 0 Å². The highest BCUT2D eigenvalue weighted by Crippen LogP contribution is 2.14. The molecule has 0 bridgehead atoms. The zero-order valence-electron chi connectivity index (χ0n) is 12.7. The number of carbonyl (C=O) groups excluding carboxylic acids is 1. The summed E-state index contributed by atoms with van der Waals surface area (Å²) in [4.78, 5) is 14.5. The molecule has 0 saturated carbocycles. The molecule has 3 nitrogen and oxygen atoms in total. The third-order valence-electron chi connectivity index (χ3n) is 4.00. The number of rotatable bonds is 5. The number of hydrogen-bond donors (Lipinski definition) is 1. The Bertz CT molecular complexity index is 419. The second-order valence-corrected chi connectivity index (χ2v) is 5.93. The van der Waals surface area contributed by atoms with Gasteiger partial charge in [0.05, 0.1) is 0 Å². The van der Waals surface area contributed by atoms with Crippen LogP contribution in [0.25, 0.3) is 0 Å². The molecule has 1 fully saturated rings. The average Bonchev–Trinajstić information content (AvgIpc) is 2.48. The molecule has 2 rings (SSSR count). The van der Waals surface area contributed by atoms with E-state index in [0.29, 0.717) is 5.92 Å². The fourth-order valence-electron chi connectivity index (χ4n) is 2.63. The molecule has 0 aromatic heterocycles. The third kappa shape index (κ3) is 4.34. The van der Waals surface area contributed by atoms with E-state index in [4.69, 9.17) is 0 Å². The maximum absolute atomic E-state index is 12.0. The topological polar surface area (TPSA) is 32.3 Å². The summed E-state index contributed by atoms with van der Waals surface area (Å²) in [6, 6.07) is 7.94. The van der Waals surface area contributed by atoms with Gasteiger partial charge in [-0.25, -0.2) is 0 Å². The quantitative estimate of drug-likeness (QED) is 0.895. The van der Waals surface area contributed by atoms with Crippen molar-refractivity contribution in [2.24, 2.45) is 0 Å². The predicted molar refractivity (Wildman–Crippen MR) is 83.2 cm³/mol. The Hall–Kier alpha value is -1.35. The van der Waals surface area contributed by atoms with Crippen LogP contribution in [0.15, 0.2) is 24.3 Å². The molecular formula is C17H26N2O. The van der Waals surface area contributed by atoms with Crippen LogP contribution in [0.5, 0.6) is 0 Å². The van der Waals surface area contributed by atoms with Crippen molar-refractivity contribution in [2.75, 3.05) is 26.2 Å². The number of piperidine rings is 1. The van der Waals surface area contributed by atoms with Gasteiger partial charge >= 0.3 is 0 Å². The Morgan fingerprint density at radius 3 is 2.40 bits per heavy atom. The van der Waals surface area contributed by atoms with Crippen LogP contribution in [-0.2, 0) is 0 Å². The zero-order chi connectivity index (χ0) is 14.4. The third-order valence-corrected chi connectivity index (χ3v) is 4.00. The number of amides is 1. The summed E-state index contributed by atoms with van der Waals surface area (Å²) in [6.45, 7) is 8.39. The van der Waals surface area contributed by atoms with Gasteiger partial charge in [-0.3, -0.25) is 4.79 Å². The SMILES string of the molecule is CC(C)c1ccc(C(=O)NCCN2CCCCC2)cc1. The van der Waals surface area contributed by atoms with E-state index in [2.05, 4.69) is 24.1 Å². The predicted octanol–water partition coefficient (Wildman–Crippen LogP) is 3.03. The highest BCUT2D eigenvalue weighted by atomic mass is 16.1. The van der Waals surface area contributed by atoms with Gasteiger partial charge in [0, 0.05) is 18.7 Å². The average molecular weight is 274 g/mol. The fourth-order valence-corrected chi connectivity index (χ4v) is 2.63. The van der Waals surface area contributed by atoms with Crippen molar-refractivity contribution in [2.45, 2.75) is 39.0 Å². The molecule has 0 aliphatic carbocycles. The van der Waals surface area contributed by atoms with Gasteiger partial charge < -0.3 is 10.2 Å². The number of benzene rings is 1. The van der Waals surface area contributed by atoms with Crippen LogP contribution in [0, 0.1) is 0 Å². The highest BCUT2D eigenvalue weighted by molar-refractivity contribution is 5.94. The standard InChI is InChI=1S/C17H26N2O/c1-14(2)15-6-8-16(9-7-15)17(20)18-10-13-19-11-4-3-5-12-19/h6-9,14H,3-5,10-13H2,1-2H3,(H,18,20). The van der Waals surface area contributed by atoms with Crippen LogP contribution in [0.2, 0.25) is 0 Å². The van der Waals surface area contributed by atoms with Crippen molar-refractivity contribution in [3.05, 3.63) is 35.4 Å². The first-order valence-corrected chi connectivity index (χ1v) is 7.77. The van der Waals surface area contributed by atoms with E-state index in [1.54, 1.807) is 0 Å². The van der Waals surface area contributed by atoms with E-state index in [9.17, 15) is 4.79 Å². The molecule has 1 saturated heterocycles. The van der Waals surface area contributed by atoms with Gasteiger partial charge in [-0.2, -0.15) is 0 Å². The molecular weight excluding hydrogens is 248 g/mol. The molecule has 1 aromatic carbocycles. The van der Waals surface area contributed by atoms with Crippen LogP contribution in [0.3, 0.4) is 0 Å². The molecule has 110 valence electrons. The molecule has 1 aromatic rings. The number of hydrogen-bond acceptors (Lipinski definition) is 2. The number of likely N-dealkylation sites (tertiary alicyclic amines) is 1. The molecule has 0 spiro atoms. The van der Waals surface area contributed by atoms with Gasteiger partial charge in [0.2, 0.25) is 0 Å². The van der Waals surface area contributed by atoms with Crippen molar-refractivity contribution >= 4 is 5.91 Å². The largest absolute Gasteiger partial charge is 0.351 e. The molecule has 1 aliphatic rings. The van der Waals surface area contributed by atoms with Crippen LogP contribution in [0.1, 0.15) is 54.9 Å². The highest BCUT2D eigenvalue weighted by Gasteiger charge is 2.10. The summed E-state index contributed by atoms with van der Waals surface area (Å²) >= 11 is 0. The Kier molecular flexibility index (Phi) is 5.60. The Balaban J connectivity index is 1.76. The number of carbonyl (C=O) groups is 1. The van der Waals surface area contributed by atoms with Crippen LogP contribution >= 0.6 is 0 Å². The van der Waals surface area contributed by atoms with Gasteiger partial charge in [0.25, 0.3) is 5.91 Å². The summed E-state index contributed by atoms with van der Waals surface area (Å²) in [5, 5.41) is 3.01. The van der Waals surface area contributed by atoms with Crippen LogP contribution in [0.4, 0.5) is 0 Å². The second kappa shape index (κ2) is 7.44. The smallest absolute Gasteiger partial charge is 0.251 e. The van der Waals surface area contributed by atoms with E-state index in [1.165, 1.54) is 37.9 Å². The summed E-state index contributed by atoms with van der Waals surface area (Å²) in [5.41, 5.74) is 2.03. The summed E-state index contributed by atoms with van der Waals surface area (Å²) in [7, 11) is 0. The first-order chi connectivity index (χ1) is 9.66. The lowest BCUT2D eigenvalue weighted by atomic mass is 10.0. The van der Waals surface area contributed by atoms with Gasteiger partial charge in [0.1, 0.15) is 0 Å². The minimum Gasteiger partial charge on any atom is -0.351 e. The maximum Gasteiger partial charge on any atom is 0.251 e. The Labute approximate surface area is 122 Å². The normalized spacial score (nSPS) is 16.4. The van der Waals surface area contributed by atoms with E-state index in [1.807, 2.05) is 24.3 Å². The van der Waals surface area contributed by atoms with Gasteiger partial charge in [-0.1, -0.05) is 32.4 Å². The lowest BCUT2D eigenvalue weighted by molar-refractivity contribution is 0.0946. The molecule has 1 amide bonds. The summed E-state index contributed by atoms with van der Waals surface area (Å²) < 4.78 is 0. The molecule has 1 N–H and O–H groups in total. The minimum atomic E-state index is 0.0392. The summed E-state index contributed by atoms with van der Waals surface area (Å²) in [5.74, 6) is 0.545. The Morgan fingerprint density at radius 1 is 1.15 bits per heavy atom. The molecule has 3 heteroatoms. The first-order valence-electron chi connectivity index (χ1n) is 7.77. The molecule has 20 heavy (non-hydrogen) atoms. The molecule has 0 unspecified atom stereocenters. The monoisotopic (exact) mass is 274 g/mol. The van der Waals surface area contributed by atoms with E-state index in [-0.39, 0.29) is 5.91 Å². The molecule has 1 aliphatic heterocycles. The van der Waals surface area contributed by atoms with Crippen molar-refractivity contribution < 1.29 is 4.79 Å². The van der Waals surface area contributed by atoms with Gasteiger partial charge in [0.15, 0.2) is 0 Å². The lowest BCUT2D eigenvalue weighted by Gasteiger charge is -2.26. The zero-order valence-corrected chi connectivity index (χ0v) is 12.7. The van der Waals surface area contributed by atoms with Crippen molar-refractivity contribution in [1.82, 2.24) is 10.2 Å². The van der Waals surface area contributed by atoms with Crippen LogP contribution in [-0.4, -0.2) is 37.0 Å². The van der Waals surface area contributed by atoms with Gasteiger partial charge in [-0.05, 0) is 49.5 Å².